The van der Waals surface area contributed by atoms with Gasteiger partial charge in [0.1, 0.15) is 5.75 Å². The number of aromatic amines is 1. The molecule has 1 fully saturated rings. The number of fused-ring (bicyclic) bond motifs is 1. The zero-order chi connectivity index (χ0) is 23.5. The Balaban J connectivity index is 1.36. The van der Waals surface area contributed by atoms with Crippen LogP contribution in [0.5, 0.6) is 5.75 Å². The van der Waals surface area contributed by atoms with Crippen LogP contribution >= 0.6 is 11.6 Å². The highest BCUT2D eigenvalue weighted by Gasteiger charge is 2.33. The fourth-order valence-corrected chi connectivity index (χ4v) is 4.51. The van der Waals surface area contributed by atoms with Crippen molar-refractivity contribution in [3.05, 3.63) is 77.7 Å². The lowest BCUT2D eigenvalue weighted by molar-refractivity contribution is 0.243. The van der Waals surface area contributed by atoms with Gasteiger partial charge in [0.25, 0.3) is 0 Å². The number of pyridine rings is 1. The minimum atomic E-state index is -0.251. The van der Waals surface area contributed by atoms with Gasteiger partial charge in [0.05, 0.1) is 25.0 Å². The van der Waals surface area contributed by atoms with Crippen LogP contribution in [0.2, 0.25) is 5.02 Å². The summed E-state index contributed by atoms with van der Waals surface area (Å²) in [5.41, 5.74) is 3.72. The largest absolute Gasteiger partial charge is 0.495 e. The van der Waals surface area contributed by atoms with Crippen molar-refractivity contribution in [3.63, 3.8) is 0 Å². The van der Waals surface area contributed by atoms with Crippen molar-refractivity contribution in [1.82, 2.24) is 20.5 Å². The van der Waals surface area contributed by atoms with E-state index in [1.54, 1.807) is 37.6 Å². The van der Waals surface area contributed by atoms with Crippen LogP contribution in [0.4, 0.5) is 16.2 Å². The number of carbonyl (C=O) groups excluding carboxylic acids is 1. The number of piperidine rings is 1. The number of halogens is 1. The number of urea groups is 1. The summed E-state index contributed by atoms with van der Waals surface area (Å²) in [5.74, 6) is 0.697. The van der Waals surface area contributed by atoms with Crippen molar-refractivity contribution in [2.75, 3.05) is 30.4 Å². The van der Waals surface area contributed by atoms with Crippen LogP contribution in [0.3, 0.4) is 0 Å². The highest BCUT2D eigenvalue weighted by molar-refractivity contribution is 6.30. The quantitative estimate of drug-likeness (QED) is 0.384. The number of aromatic nitrogens is 3. The predicted molar refractivity (Wildman–Crippen MR) is 134 cm³/mol. The van der Waals surface area contributed by atoms with Gasteiger partial charge in [-0.3, -0.25) is 10.1 Å². The van der Waals surface area contributed by atoms with E-state index in [4.69, 9.17) is 16.3 Å². The van der Waals surface area contributed by atoms with Gasteiger partial charge in [-0.2, -0.15) is 5.10 Å². The molecule has 4 aromatic rings. The Labute approximate surface area is 202 Å². The van der Waals surface area contributed by atoms with E-state index in [0.717, 1.165) is 35.2 Å². The molecule has 5 rings (SSSR count). The average Bonchev–Trinajstić information content (AvgIpc) is 3.34. The molecule has 34 heavy (non-hydrogen) atoms. The Morgan fingerprint density at radius 1 is 1.15 bits per heavy atom. The van der Waals surface area contributed by atoms with Crippen LogP contribution in [0.25, 0.3) is 10.9 Å². The maximum Gasteiger partial charge on any atom is 0.319 e. The summed E-state index contributed by atoms with van der Waals surface area (Å²) >= 11 is 5.95. The van der Waals surface area contributed by atoms with E-state index >= 15 is 0 Å². The first-order valence-corrected chi connectivity index (χ1v) is 11.5. The second kappa shape index (κ2) is 9.61. The van der Waals surface area contributed by atoms with Crippen LogP contribution in [-0.4, -0.2) is 47.5 Å². The number of H-pyrrole nitrogens is 1. The Bertz CT molecular complexity index is 1270. The molecule has 2 aromatic heterocycles. The lowest BCUT2D eigenvalue weighted by Crippen LogP contribution is -2.51. The fourth-order valence-electron chi connectivity index (χ4n) is 4.39. The number of nitrogens with one attached hydrogen (secondary N) is 3. The third kappa shape index (κ3) is 4.77. The summed E-state index contributed by atoms with van der Waals surface area (Å²) in [6, 6.07) is 16.9. The number of anilines is 2. The second-order valence-electron chi connectivity index (χ2n) is 8.32. The monoisotopic (exact) mass is 476 g/mol. The van der Waals surface area contributed by atoms with E-state index in [2.05, 4.69) is 42.8 Å². The molecular formula is C25H25ClN6O2. The Kier molecular flexibility index (Phi) is 6.22. The Morgan fingerprint density at radius 3 is 2.76 bits per heavy atom. The van der Waals surface area contributed by atoms with E-state index in [1.165, 1.54) is 0 Å². The molecule has 0 bridgehead atoms. The molecule has 174 valence electrons. The zero-order valence-electron chi connectivity index (χ0n) is 18.7. The number of nitrogens with zero attached hydrogens (tertiary/aromatic N) is 3. The minimum absolute atomic E-state index is 0.00401. The van der Waals surface area contributed by atoms with Crippen molar-refractivity contribution in [3.8, 4) is 5.75 Å². The van der Waals surface area contributed by atoms with Gasteiger partial charge in [-0.05, 0) is 61.0 Å². The molecule has 0 saturated carbocycles. The number of carbonyl (C=O) groups is 1. The van der Waals surface area contributed by atoms with Gasteiger partial charge in [-0.25, -0.2) is 4.79 Å². The van der Waals surface area contributed by atoms with Gasteiger partial charge < -0.3 is 20.3 Å². The molecule has 2 atom stereocenters. The van der Waals surface area contributed by atoms with E-state index in [9.17, 15) is 4.79 Å². The van der Waals surface area contributed by atoms with Gasteiger partial charge in [0.2, 0.25) is 0 Å². The smallest absolute Gasteiger partial charge is 0.319 e. The Morgan fingerprint density at radius 2 is 2.00 bits per heavy atom. The Hall–Kier alpha value is -3.78. The molecule has 9 heteroatoms. The molecule has 0 radical (unpaired) electrons. The summed E-state index contributed by atoms with van der Waals surface area (Å²) in [6.45, 7) is 1.52. The lowest BCUT2D eigenvalue weighted by Gasteiger charge is -2.40. The topological polar surface area (TPSA) is 95.2 Å². The number of rotatable bonds is 5. The number of benzene rings is 2. The summed E-state index contributed by atoms with van der Waals surface area (Å²) in [4.78, 5) is 19.8. The van der Waals surface area contributed by atoms with Gasteiger partial charge in [-0.15, -0.1) is 0 Å². The summed E-state index contributed by atoms with van der Waals surface area (Å²) in [7, 11) is 1.62. The number of ether oxygens (including phenoxy) is 1. The third-order valence-electron chi connectivity index (χ3n) is 6.20. The molecular weight excluding hydrogens is 452 g/mol. The fraction of sp³-hybridized carbons (Fsp3) is 0.240. The maximum atomic E-state index is 12.8. The summed E-state index contributed by atoms with van der Waals surface area (Å²) in [6.07, 6.45) is 4.32. The molecule has 8 nitrogen and oxygen atoms in total. The van der Waals surface area contributed by atoms with E-state index in [-0.39, 0.29) is 18.0 Å². The molecule has 2 aromatic carbocycles. The molecule has 0 unspecified atom stereocenters. The van der Waals surface area contributed by atoms with E-state index in [0.29, 0.717) is 23.0 Å². The standard InChI is InChI=1S/C25H25ClN6O2/c1-34-20-7-9-23(27-14-20)21-15-32(19-6-8-22-16(12-19)13-28-31-22)11-10-24(21)30-25(33)29-18-4-2-17(26)3-5-18/h2-9,12-14,21,24H,10-11,15H2,1H3,(H,28,31)(H2,29,30,33)/t21-,24+/m0/s1. The van der Waals surface area contributed by atoms with Crippen LogP contribution in [-0.2, 0) is 0 Å². The van der Waals surface area contributed by atoms with Crippen molar-refractivity contribution >= 4 is 39.9 Å². The van der Waals surface area contributed by atoms with Gasteiger partial charge in [0.15, 0.2) is 0 Å². The third-order valence-corrected chi connectivity index (χ3v) is 6.45. The van der Waals surface area contributed by atoms with Gasteiger partial charge in [0, 0.05) is 52.5 Å². The molecule has 3 heterocycles. The molecule has 1 aliphatic rings. The van der Waals surface area contributed by atoms with Crippen LogP contribution < -0.4 is 20.3 Å². The van der Waals surface area contributed by atoms with Crippen molar-refractivity contribution in [2.24, 2.45) is 0 Å². The molecule has 1 aliphatic heterocycles. The zero-order valence-corrected chi connectivity index (χ0v) is 19.4. The first-order chi connectivity index (χ1) is 16.6. The summed E-state index contributed by atoms with van der Waals surface area (Å²) in [5, 5.41) is 14.9. The van der Waals surface area contributed by atoms with Crippen molar-refractivity contribution in [1.29, 1.82) is 0 Å². The normalized spacial score (nSPS) is 18.0. The predicted octanol–water partition coefficient (Wildman–Crippen LogP) is 4.80. The van der Waals surface area contributed by atoms with E-state index < -0.39 is 0 Å². The highest BCUT2D eigenvalue weighted by atomic mass is 35.5. The number of hydrogen-bond donors (Lipinski definition) is 3. The summed E-state index contributed by atoms with van der Waals surface area (Å²) < 4.78 is 5.28. The molecule has 3 N–H and O–H groups in total. The minimum Gasteiger partial charge on any atom is -0.495 e. The molecule has 0 aliphatic carbocycles. The number of hydrogen-bond acceptors (Lipinski definition) is 5. The second-order valence-corrected chi connectivity index (χ2v) is 8.75. The molecule has 2 amide bonds. The van der Waals surface area contributed by atoms with Crippen molar-refractivity contribution in [2.45, 2.75) is 18.4 Å². The van der Waals surface area contributed by atoms with Crippen LogP contribution in [0, 0.1) is 0 Å². The number of amides is 2. The first-order valence-electron chi connectivity index (χ1n) is 11.1. The van der Waals surface area contributed by atoms with Gasteiger partial charge >= 0.3 is 6.03 Å². The van der Waals surface area contributed by atoms with E-state index in [1.807, 2.05) is 24.4 Å². The van der Waals surface area contributed by atoms with Gasteiger partial charge in [-0.1, -0.05) is 11.6 Å². The van der Waals surface area contributed by atoms with Crippen LogP contribution in [0.15, 0.2) is 67.0 Å². The maximum absolute atomic E-state index is 12.8. The number of methoxy groups -OCH3 is 1. The van der Waals surface area contributed by atoms with Crippen LogP contribution in [0.1, 0.15) is 18.0 Å². The van der Waals surface area contributed by atoms with Crippen molar-refractivity contribution < 1.29 is 9.53 Å². The lowest BCUT2D eigenvalue weighted by atomic mass is 9.88. The average molecular weight is 477 g/mol. The first kappa shape index (κ1) is 22.0. The molecule has 0 spiro atoms. The highest BCUT2D eigenvalue weighted by Crippen LogP contribution is 2.31. The molecule has 1 saturated heterocycles. The SMILES string of the molecule is COc1ccc([C@@H]2CN(c3ccc4[nH]ncc4c3)CC[C@H]2NC(=O)Nc2ccc(Cl)cc2)nc1.